The maximum atomic E-state index is 11.4. The number of hydrogen-bond acceptors (Lipinski definition) is 3. The van der Waals surface area contributed by atoms with Crippen molar-refractivity contribution in [3.8, 4) is 5.75 Å². The van der Waals surface area contributed by atoms with Gasteiger partial charge in [-0.15, -0.1) is 24.0 Å². The molecule has 7 heteroatoms. The van der Waals surface area contributed by atoms with Crippen molar-refractivity contribution in [3.63, 3.8) is 0 Å². The summed E-state index contributed by atoms with van der Waals surface area (Å²) >= 11 is 0. The third-order valence-electron chi connectivity index (χ3n) is 4.27. The highest BCUT2D eigenvalue weighted by Crippen LogP contribution is 2.25. The minimum atomic E-state index is -0.132. The van der Waals surface area contributed by atoms with Crippen molar-refractivity contribution in [2.75, 3.05) is 26.5 Å². The van der Waals surface area contributed by atoms with Crippen LogP contribution in [0.4, 0.5) is 5.69 Å². The first-order valence-electron chi connectivity index (χ1n) is 8.85. The van der Waals surface area contributed by atoms with Crippen molar-refractivity contribution in [1.82, 2.24) is 10.2 Å². The standard InChI is InChI=1S/C21H28N4O2.HI/c1-15-8-6-7-9-18(15)14-25(4)21(22-3)23-13-17-10-11-20(27-5)19(12-17)24-16(2)26;/h6-12H,13-14H2,1-5H3,(H,22,23)(H,24,26);1H. The first kappa shape index (κ1) is 23.7. The largest absolute Gasteiger partial charge is 0.495 e. The highest BCUT2D eigenvalue weighted by Gasteiger charge is 2.10. The molecule has 28 heavy (non-hydrogen) atoms. The average Bonchev–Trinajstić information content (AvgIpc) is 2.64. The van der Waals surface area contributed by atoms with Crippen LogP contribution in [0.1, 0.15) is 23.6 Å². The third-order valence-corrected chi connectivity index (χ3v) is 4.27. The number of nitrogens with one attached hydrogen (secondary N) is 2. The number of benzene rings is 2. The van der Waals surface area contributed by atoms with Crippen LogP contribution in [0.15, 0.2) is 47.5 Å². The van der Waals surface area contributed by atoms with E-state index in [-0.39, 0.29) is 29.9 Å². The van der Waals surface area contributed by atoms with Crippen LogP contribution in [0.2, 0.25) is 0 Å². The summed E-state index contributed by atoms with van der Waals surface area (Å²) in [5.41, 5.74) is 4.20. The molecule has 2 aromatic carbocycles. The van der Waals surface area contributed by atoms with E-state index in [9.17, 15) is 4.79 Å². The summed E-state index contributed by atoms with van der Waals surface area (Å²) in [6.07, 6.45) is 0. The first-order chi connectivity index (χ1) is 12.9. The molecule has 1 amide bonds. The van der Waals surface area contributed by atoms with Gasteiger partial charge in [-0.05, 0) is 35.7 Å². The maximum Gasteiger partial charge on any atom is 0.221 e. The van der Waals surface area contributed by atoms with Crippen LogP contribution in [-0.4, -0.2) is 38.0 Å². The van der Waals surface area contributed by atoms with E-state index in [1.54, 1.807) is 14.2 Å². The van der Waals surface area contributed by atoms with Crippen LogP contribution in [0.3, 0.4) is 0 Å². The van der Waals surface area contributed by atoms with Crippen LogP contribution >= 0.6 is 24.0 Å². The molecule has 0 spiro atoms. The summed E-state index contributed by atoms with van der Waals surface area (Å²) in [7, 11) is 5.37. The number of anilines is 1. The number of guanidine groups is 1. The molecule has 6 nitrogen and oxygen atoms in total. The SMILES string of the molecule is CN=C(NCc1ccc(OC)c(NC(C)=O)c1)N(C)Cc1ccccc1C.I. The van der Waals surface area contributed by atoms with Gasteiger partial charge in [0.25, 0.3) is 0 Å². The Bertz CT molecular complexity index is 824. The Morgan fingerprint density at radius 3 is 2.54 bits per heavy atom. The van der Waals surface area contributed by atoms with E-state index >= 15 is 0 Å². The minimum Gasteiger partial charge on any atom is -0.495 e. The lowest BCUT2D eigenvalue weighted by Gasteiger charge is -2.23. The molecule has 0 unspecified atom stereocenters. The van der Waals surface area contributed by atoms with Gasteiger partial charge in [-0.1, -0.05) is 30.3 Å². The zero-order chi connectivity index (χ0) is 19.8. The van der Waals surface area contributed by atoms with Crippen molar-refractivity contribution in [2.24, 2.45) is 4.99 Å². The van der Waals surface area contributed by atoms with Gasteiger partial charge in [-0.3, -0.25) is 9.79 Å². The van der Waals surface area contributed by atoms with E-state index in [0.29, 0.717) is 18.0 Å². The smallest absolute Gasteiger partial charge is 0.221 e. The second kappa shape index (κ2) is 11.5. The van der Waals surface area contributed by atoms with E-state index in [0.717, 1.165) is 18.1 Å². The summed E-state index contributed by atoms with van der Waals surface area (Å²) in [4.78, 5) is 17.8. The quantitative estimate of drug-likeness (QED) is 0.363. The lowest BCUT2D eigenvalue weighted by molar-refractivity contribution is -0.114. The number of halogens is 1. The van der Waals surface area contributed by atoms with Crippen molar-refractivity contribution in [3.05, 3.63) is 59.2 Å². The summed E-state index contributed by atoms with van der Waals surface area (Å²) < 4.78 is 5.30. The number of amides is 1. The molecule has 0 bridgehead atoms. The molecule has 0 heterocycles. The number of aliphatic imine (C=N–C) groups is 1. The Morgan fingerprint density at radius 1 is 1.21 bits per heavy atom. The molecule has 2 rings (SSSR count). The van der Waals surface area contributed by atoms with Crippen LogP contribution in [0, 0.1) is 6.92 Å². The van der Waals surface area contributed by atoms with Gasteiger partial charge in [-0.2, -0.15) is 0 Å². The average molecular weight is 496 g/mol. The number of carbonyl (C=O) groups excluding carboxylic acids is 1. The van der Waals surface area contributed by atoms with Crippen molar-refractivity contribution < 1.29 is 9.53 Å². The third kappa shape index (κ3) is 6.70. The van der Waals surface area contributed by atoms with Crippen LogP contribution < -0.4 is 15.4 Å². The molecule has 0 atom stereocenters. The van der Waals surface area contributed by atoms with Gasteiger partial charge >= 0.3 is 0 Å². The summed E-state index contributed by atoms with van der Waals surface area (Å²) in [6.45, 7) is 4.94. The Morgan fingerprint density at radius 2 is 1.93 bits per heavy atom. The lowest BCUT2D eigenvalue weighted by Crippen LogP contribution is -2.38. The number of nitrogens with zero attached hydrogens (tertiary/aromatic N) is 2. The Hall–Kier alpha value is -2.29. The normalized spacial score (nSPS) is 10.7. The molecule has 0 aliphatic carbocycles. The Kier molecular flexibility index (Phi) is 9.78. The highest BCUT2D eigenvalue weighted by molar-refractivity contribution is 14.0. The van der Waals surface area contributed by atoms with Crippen LogP contribution in [-0.2, 0) is 17.9 Å². The molecule has 0 aromatic heterocycles. The first-order valence-corrected chi connectivity index (χ1v) is 8.85. The molecule has 0 aliphatic rings. The minimum absolute atomic E-state index is 0. The Balaban J connectivity index is 0.00000392. The van der Waals surface area contributed by atoms with E-state index in [4.69, 9.17) is 4.74 Å². The summed E-state index contributed by atoms with van der Waals surface area (Å²) in [6, 6.07) is 14.0. The van der Waals surface area contributed by atoms with Gasteiger partial charge in [-0.25, -0.2) is 0 Å². The van der Waals surface area contributed by atoms with Gasteiger partial charge in [0.2, 0.25) is 5.91 Å². The number of hydrogen-bond donors (Lipinski definition) is 2. The lowest BCUT2D eigenvalue weighted by atomic mass is 10.1. The topological polar surface area (TPSA) is 66.0 Å². The maximum absolute atomic E-state index is 11.4. The molecule has 0 saturated heterocycles. The van der Waals surface area contributed by atoms with Gasteiger partial charge in [0.05, 0.1) is 12.8 Å². The molecule has 0 radical (unpaired) electrons. The second-order valence-corrected chi connectivity index (χ2v) is 6.40. The number of carbonyl (C=O) groups is 1. The number of methoxy groups -OCH3 is 1. The molecule has 2 N–H and O–H groups in total. The molecule has 2 aromatic rings. The Labute approximate surface area is 184 Å². The van der Waals surface area contributed by atoms with Gasteiger partial charge < -0.3 is 20.3 Å². The van der Waals surface area contributed by atoms with Crippen LogP contribution in [0.25, 0.3) is 0 Å². The molecule has 0 aliphatic heterocycles. The predicted molar refractivity (Wildman–Crippen MR) is 126 cm³/mol. The zero-order valence-electron chi connectivity index (χ0n) is 17.1. The molecule has 152 valence electrons. The number of ether oxygens (including phenoxy) is 1. The van der Waals surface area contributed by atoms with E-state index < -0.39 is 0 Å². The zero-order valence-corrected chi connectivity index (χ0v) is 19.4. The van der Waals surface area contributed by atoms with Gasteiger partial charge in [0.15, 0.2) is 5.96 Å². The molecular weight excluding hydrogens is 467 g/mol. The van der Waals surface area contributed by atoms with Gasteiger partial charge in [0, 0.05) is 34.1 Å². The fourth-order valence-electron chi connectivity index (χ4n) is 2.84. The van der Waals surface area contributed by atoms with E-state index in [1.807, 2.05) is 37.4 Å². The van der Waals surface area contributed by atoms with Crippen molar-refractivity contribution in [2.45, 2.75) is 26.9 Å². The summed E-state index contributed by atoms with van der Waals surface area (Å²) in [5, 5.41) is 6.16. The molecule has 0 fully saturated rings. The second-order valence-electron chi connectivity index (χ2n) is 6.40. The van der Waals surface area contributed by atoms with E-state index in [1.165, 1.54) is 18.1 Å². The molecule has 0 saturated carbocycles. The fraction of sp³-hybridized carbons (Fsp3) is 0.333. The van der Waals surface area contributed by atoms with Crippen molar-refractivity contribution in [1.29, 1.82) is 0 Å². The summed E-state index contributed by atoms with van der Waals surface area (Å²) in [5.74, 6) is 1.30. The van der Waals surface area contributed by atoms with Crippen molar-refractivity contribution >= 4 is 41.5 Å². The fourth-order valence-corrected chi connectivity index (χ4v) is 2.84. The monoisotopic (exact) mass is 496 g/mol. The molecular formula is C21H29IN4O2. The number of aryl methyl sites for hydroxylation is 1. The highest BCUT2D eigenvalue weighted by atomic mass is 127. The number of rotatable bonds is 6. The predicted octanol–water partition coefficient (Wildman–Crippen LogP) is 3.79. The van der Waals surface area contributed by atoms with E-state index in [2.05, 4.69) is 39.6 Å². The van der Waals surface area contributed by atoms with Crippen LogP contribution in [0.5, 0.6) is 5.75 Å². The van der Waals surface area contributed by atoms with Gasteiger partial charge in [0.1, 0.15) is 5.75 Å².